The standard InChI is InChI=1S/C28H25FN4O3S/c1-17-4-3-5-21(14-17)30-26(34)16-25-27(35)31-28(37-25)33-24(19-6-10-20(29)11-7-19)15-23(32-33)18-8-12-22(36-2)13-9-18/h3-14,24-25H,15-16H2,1-2H3,(H,30,34)/t24-,25+/m1/s1. The molecule has 0 unspecified atom stereocenters. The van der Waals surface area contributed by atoms with E-state index >= 15 is 0 Å². The van der Waals surface area contributed by atoms with Crippen LogP contribution < -0.4 is 10.1 Å². The predicted molar refractivity (Wildman–Crippen MR) is 143 cm³/mol. The van der Waals surface area contributed by atoms with Gasteiger partial charge in [0.25, 0.3) is 5.91 Å². The molecule has 5 rings (SSSR count). The summed E-state index contributed by atoms with van der Waals surface area (Å²) in [5.74, 6) is -0.216. The van der Waals surface area contributed by atoms with E-state index in [1.807, 2.05) is 55.5 Å². The molecule has 2 aliphatic heterocycles. The molecule has 2 heterocycles. The van der Waals surface area contributed by atoms with E-state index in [1.165, 1.54) is 23.9 Å². The number of amides is 2. The number of aryl methyl sites for hydroxylation is 1. The van der Waals surface area contributed by atoms with E-state index in [0.29, 0.717) is 17.3 Å². The highest BCUT2D eigenvalue weighted by Crippen LogP contribution is 2.38. The summed E-state index contributed by atoms with van der Waals surface area (Å²) in [6.45, 7) is 1.94. The Morgan fingerprint density at radius 3 is 2.59 bits per heavy atom. The van der Waals surface area contributed by atoms with E-state index in [4.69, 9.17) is 9.84 Å². The van der Waals surface area contributed by atoms with Crippen molar-refractivity contribution in [3.63, 3.8) is 0 Å². The number of anilines is 1. The second-order valence-electron chi connectivity index (χ2n) is 8.85. The third kappa shape index (κ3) is 5.56. The van der Waals surface area contributed by atoms with Crippen LogP contribution in [0.2, 0.25) is 0 Å². The van der Waals surface area contributed by atoms with Gasteiger partial charge in [-0.1, -0.05) is 36.0 Å². The predicted octanol–water partition coefficient (Wildman–Crippen LogP) is 5.32. The number of thioether (sulfide) groups is 1. The molecule has 0 aliphatic carbocycles. The highest BCUT2D eigenvalue weighted by atomic mass is 32.2. The number of halogens is 1. The maximum Gasteiger partial charge on any atom is 0.262 e. The number of ether oxygens (including phenoxy) is 1. The van der Waals surface area contributed by atoms with E-state index in [-0.39, 0.29) is 30.1 Å². The molecule has 0 saturated heterocycles. The number of amidine groups is 1. The van der Waals surface area contributed by atoms with Crippen molar-refractivity contribution in [2.45, 2.75) is 31.1 Å². The van der Waals surface area contributed by atoms with Crippen LogP contribution in [0.15, 0.2) is 82.9 Å². The Bertz CT molecular complexity index is 1390. The minimum absolute atomic E-state index is 0.00541. The van der Waals surface area contributed by atoms with Gasteiger partial charge >= 0.3 is 0 Å². The molecule has 9 heteroatoms. The quantitative estimate of drug-likeness (QED) is 0.480. The van der Waals surface area contributed by atoms with Crippen molar-refractivity contribution in [1.82, 2.24) is 5.01 Å². The largest absolute Gasteiger partial charge is 0.497 e. The molecule has 3 aromatic rings. The van der Waals surface area contributed by atoms with Gasteiger partial charge in [-0.25, -0.2) is 9.40 Å². The molecule has 0 spiro atoms. The molecule has 0 radical (unpaired) electrons. The van der Waals surface area contributed by atoms with Crippen LogP contribution >= 0.6 is 11.8 Å². The number of aliphatic imine (C=N–C) groups is 1. The summed E-state index contributed by atoms with van der Waals surface area (Å²) in [5.41, 5.74) is 4.30. The Morgan fingerprint density at radius 2 is 1.89 bits per heavy atom. The number of hydrogen-bond donors (Lipinski definition) is 1. The Balaban J connectivity index is 1.35. The minimum Gasteiger partial charge on any atom is -0.497 e. The minimum atomic E-state index is -0.645. The average molecular weight is 517 g/mol. The molecular weight excluding hydrogens is 491 g/mol. The lowest BCUT2D eigenvalue weighted by Gasteiger charge is -2.23. The van der Waals surface area contributed by atoms with Crippen LogP contribution in [0, 0.1) is 12.7 Å². The van der Waals surface area contributed by atoms with Gasteiger partial charge in [0.1, 0.15) is 16.8 Å². The van der Waals surface area contributed by atoms with Gasteiger partial charge in [0.2, 0.25) is 5.91 Å². The van der Waals surface area contributed by atoms with Gasteiger partial charge in [-0.05, 0) is 72.1 Å². The molecule has 0 fully saturated rings. The van der Waals surface area contributed by atoms with E-state index in [2.05, 4.69) is 10.3 Å². The molecule has 3 aromatic carbocycles. The number of nitrogens with zero attached hydrogens (tertiary/aromatic N) is 3. The van der Waals surface area contributed by atoms with E-state index in [0.717, 1.165) is 28.2 Å². The summed E-state index contributed by atoms with van der Waals surface area (Å²) >= 11 is 1.23. The number of carbonyl (C=O) groups excluding carboxylic acids is 2. The Kier molecular flexibility index (Phi) is 7.05. The van der Waals surface area contributed by atoms with Crippen molar-refractivity contribution in [1.29, 1.82) is 0 Å². The fraction of sp³-hybridized carbons (Fsp3) is 0.214. The average Bonchev–Trinajstić information content (AvgIpc) is 3.48. The van der Waals surface area contributed by atoms with Crippen molar-refractivity contribution in [3.05, 3.63) is 95.3 Å². The number of rotatable bonds is 6. The highest BCUT2D eigenvalue weighted by Gasteiger charge is 2.39. The van der Waals surface area contributed by atoms with Crippen molar-refractivity contribution in [3.8, 4) is 5.75 Å². The summed E-state index contributed by atoms with van der Waals surface area (Å²) in [4.78, 5) is 29.7. The molecule has 0 bridgehead atoms. The summed E-state index contributed by atoms with van der Waals surface area (Å²) in [6.07, 6.45) is 0.540. The second kappa shape index (κ2) is 10.6. The molecule has 2 amide bonds. The number of benzene rings is 3. The first kappa shape index (κ1) is 24.7. The zero-order chi connectivity index (χ0) is 25.9. The number of hydrogen-bond acceptors (Lipinski definition) is 6. The smallest absolute Gasteiger partial charge is 0.262 e. The zero-order valence-corrected chi connectivity index (χ0v) is 21.2. The first-order valence-corrected chi connectivity index (χ1v) is 12.7. The summed E-state index contributed by atoms with van der Waals surface area (Å²) in [5, 5.41) is 9.16. The van der Waals surface area contributed by atoms with Crippen molar-refractivity contribution < 1.29 is 18.7 Å². The SMILES string of the molecule is COc1ccc(C2=NN(C3=NC(=O)[C@H](CC(=O)Nc4cccc(C)c4)S3)[C@@H](c3ccc(F)cc3)C2)cc1. The van der Waals surface area contributed by atoms with Gasteiger partial charge in [0, 0.05) is 18.5 Å². The maximum atomic E-state index is 13.6. The summed E-state index contributed by atoms with van der Waals surface area (Å²) in [7, 11) is 1.61. The second-order valence-corrected chi connectivity index (χ2v) is 10.0. The molecule has 188 valence electrons. The molecule has 37 heavy (non-hydrogen) atoms. The summed E-state index contributed by atoms with van der Waals surface area (Å²) in [6, 6.07) is 21.1. The number of carbonyl (C=O) groups is 2. The van der Waals surface area contributed by atoms with E-state index in [9.17, 15) is 14.0 Å². The Hall–Kier alpha value is -3.98. The van der Waals surface area contributed by atoms with E-state index in [1.54, 1.807) is 24.3 Å². The van der Waals surface area contributed by atoms with Crippen LogP contribution in [0.25, 0.3) is 0 Å². The maximum absolute atomic E-state index is 13.6. The van der Waals surface area contributed by atoms with Crippen molar-refractivity contribution in [2.24, 2.45) is 10.1 Å². The van der Waals surface area contributed by atoms with Gasteiger partial charge in [-0.3, -0.25) is 9.59 Å². The Labute approximate surface area is 218 Å². The van der Waals surface area contributed by atoms with Gasteiger partial charge in [-0.15, -0.1) is 0 Å². The van der Waals surface area contributed by atoms with Crippen LogP contribution in [-0.2, 0) is 9.59 Å². The lowest BCUT2D eigenvalue weighted by molar-refractivity contribution is -0.121. The van der Waals surface area contributed by atoms with Crippen LogP contribution in [0.1, 0.15) is 35.6 Å². The molecule has 2 atom stereocenters. The van der Waals surface area contributed by atoms with Crippen molar-refractivity contribution >= 4 is 40.1 Å². The van der Waals surface area contributed by atoms with Gasteiger partial charge in [0.15, 0.2) is 5.17 Å². The third-order valence-corrected chi connectivity index (χ3v) is 7.33. The first-order chi connectivity index (χ1) is 17.9. The fourth-order valence-corrected chi connectivity index (χ4v) is 5.36. The molecule has 2 aliphatic rings. The van der Waals surface area contributed by atoms with Crippen LogP contribution in [0.5, 0.6) is 5.75 Å². The fourth-order valence-electron chi connectivity index (χ4n) is 4.30. The summed E-state index contributed by atoms with van der Waals surface area (Å²) < 4.78 is 18.9. The van der Waals surface area contributed by atoms with Crippen LogP contribution in [0.4, 0.5) is 10.1 Å². The van der Waals surface area contributed by atoms with Crippen LogP contribution in [-0.4, -0.2) is 40.1 Å². The van der Waals surface area contributed by atoms with Gasteiger partial charge < -0.3 is 10.1 Å². The zero-order valence-electron chi connectivity index (χ0n) is 20.3. The lowest BCUT2D eigenvalue weighted by atomic mass is 9.98. The Morgan fingerprint density at radius 1 is 1.14 bits per heavy atom. The normalized spacial score (nSPS) is 19.0. The molecular formula is C28H25FN4O3S. The van der Waals surface area contributed by atoms with Gasteiger partial charge in [-0.2, -0.15) is 10.1 Å². The first-order valence-electron chi connectivity index (χ1n) is 11.8. The van der Waals surface area contributed by atoms with E-state index < -0.39 is 5.25 Å². The highest BCUT2D eigenvalue weighted by molar-refractivity contribution is 8.15. The molecule has 7 nitrogen and oxygen atoms in total. The number of methoxy groups -OCH3 is 1. The number of hydrazone groups is 1. The third-order valence-electron chi connectivity index (χ3n) is 6.19. The lowest BCUT2D eigenvalue weighted by Crippen LogP contribution is -2.25. The molecule has 1 N–H and O–H groups in total. The van der Waals surface area contributed by atoms with Gasteiger partial charge in [0.05, 0.1) is 18.9 Å². The molecule has 0 saturated carbocycles. The van der Waals surface area contributed by atoms with Crippen LogP contribution in [0.3, 0.4) is 0 Å². The molecule has 0 aromatic heterocycles. The monoisotopic (exact) mass is 516 g/mol. The number of nitrogens with one attached hydrogen (secondary N) is 1. The topological polar surface area (TPSA) is 83.4 Å². The van der Waals surface area contributed by atoms with Crippen molar-refractivity contribution in [2.75, 3.05) is 12.4 Å².